The Hall–Kier alpha value is -4.00. The van der Waals surface area contributed by atoms with Gasteiger partial charge in [-0.3, -0.25) is 4.79 Å². The molecule has 2 aromatic heterocycles. The maximum Gasteiger partial charge on any atom is 0.338 e. The number of thiophene rings is 2. The van der Waals surface area contributed by atoms with Crippen LogP contribution in [0.25, 0.3) is 41.8 Å². The molecular formula is C42H46O4S2. The number of esters is 1. The van der Waals surface area contributed by atoms with Crippen molar-refractivity contribution < 1.29 is 19.1 Å². The maximum atomic E-state index is 13.2. The molecule has 0 saturated carbocycles. The second-order valence-corrected chi connectivity index (χ2v) is 14.5. The van der Waals surface area contributed by atoms with Gasteiger partial charge in [0, 0.05) is 25.1 Å². The third-order valence-electron chi connectivity index (χ3n) is 8.81. The molecule has 4 nitrogen and oxygen atoms in total. The summed E-state index contributed by atoms with van der Waals surface area (Å²) in [5, 5.41) is 0. The first-order chi connectivity index (χ1) is 23.5. The van der Waals surface area contributed by atoms with Gasteiger partial charge in [0.1, 0.15) is 6.61 Å². The highest BCUT2D eigenvalue weighted by Crippen LogP contribution is 2.42. The maximum absolute atomic E-state index is 13.2. The Morgan fingerprint density at radius 3 is 1.60 bits per heavy atom. The Labute approximate surface area is 293 Å². The first-order valence-electron chi connectivity index (χ1n) is 17.2. The van der Waals surface area contributed by atoms with E-state index in [1.165, 1.54) is 69.6 Å². The number of methoxy groups -OCH3 is 1. The van der Waals surface area contributed by atoms with Crippen molar-refractivity contribution in [3.8, 4) is 41.8 Å². The number of carbonyl (C=O) groups excluding carboxylic acids is 2. The van der Waals surface area contributed by atoms with Crippen LogP contribution >= 0.6 is 22.7 Å². The van der Waals surface area contributed by atoms with Gasteiger partial charge in [-0.25, -0.2) is 4.79 Å². The molecule has 5 rings (SSSR count). The molecule has 5 aromatic rings. The van der Waals surface area contributed by atoms with E-state index in [2.05, 4.69) is 86.6 Å². The third kappa shape index (κ3) is 9.12. The fourth-order valence-corrected chi connectivity index (χ4v) is 8.16. The van der Waals surface area contributed by atoms with Gasteiger partial charge in [0.2, 0.25) is 0 Å². The summed E-state index contributed by atoms with van der Waals surface area (Å²) < 4.78 is 10.6. The van der Waals surface area contributed by atoms with E-state index in [9.17, 15) is 9.59 Å². The van der Waals surface area contributed by atoms with Crippen LogP contribution in [0.3, 0.4) is 0 Å². The molecule has 250 valence electrons. The zero-order valence-electron chi connectivity index (χ0n) is 28.4. The van der Waals surface area contributed by atoms with Crippen LogP contribution in [0.5, 0.6) is 0 Å². The van der Waals surface area contributed by atoms with Crippen molar-refractivity contribution in [3.63, 3.8) is 0 Å². The van der Waals surface area contributed by atoms with E-state index in [-0.39, 0.29) is 6.61 Å². The van der Waals surface area contributed by atoms with E-state index in [1.54, 1.807) is 22.7 Å². The Morgan fingerprint density at radius 2 is 1.12 bits per heavy atom. The molecule has 0 aliphatic carbocycles. The molecule has 0 fully saturated rings. The number of unbranched alkanes of at least 4 members (excludes halogenated alkanes) is 6. The fraction of sp³-hybridized carbons (Fsp3) is 0.333. The zero-order valence-corrected chi connectivity index (χ0v) is 30.0. The average molecular weight is 679 g/mol. The van der Waals surface area contributed by atoms with E-state index in [0.717, 1.165) is 60.2 Å². The van der Waals surface area contributed by atoms with Gasteiger partial charge in [-0.2, -0.15) is 0 Å². The van der Waals surface area contributed by atoms with Gasteiger partial charge in [-0.05, 0) is 95.5 Å². The van der Waals surface area contributed by atoms with Crippen LogP contribution in [0.4, 0.5) is 0 Å². The molecule has 0 spiro atoms. The van der Waals surface area contributed by atoms with Gasteiger partial charge in [0.05, 0.1) is 12.7 Å². The molecule has 0 amide bonds. The van der Waals surface area contributed by atoms with Gasteiger partial charge in [-0.1, -0.05) is 101 Å². The monoisotopic (exact) mass is 678 g/mol. The highest BCUT2D eigenvalue weighted by molar-refractivity contribution is 7.19. The summed E-state index contributed by atoms with van der Waals surface area (Å²) in [6, 6.07) is 29.9. The number of hydrogen-bond acceptors (Lipinski definition) is 6. The summed E-state index contributed by atoms with van der Waals surface area (Å²) in [5.41, 5.74) is 7.99. The second-order valence-electron chi connectivity index (χ2n) is 12.3. The molecule has 0 N–H and O–H groups in total. The lowest BCUT2D eigenvalue weighted by atomic mass is 9.96. The number of ether oxygens (including phenoxy) is 2. The molecule has 0 unspecified atom stereocenters. The van der Waals surface area contributed by atoms with Crippen molar-refractivity contribution in [1.82, 2.24) is 0 Å². The minimum absolute atomic E-state index is 0.102. The lowest BCUT2D eigenvalue weighted by Crippen LogP contribution is -2.06. The van der Waals surface area contributed by atoms with E-state index < -0.39 is 5.97 Å². The number of aryl methyl sites for hydroxylation is 2. The summed E-state index contributed by atoms with van der Waals surface area (Å²) in [4.78, 5) is 28.7. The van der Waals surface area contributed by atoms with Crippen molar-refractivity contribution in [2.24, 2.45) is 0 Å². The van der Waals surface area contributed by atoms with Gasteiger partial charge in [0.15, 0.2) is 0 Å². The molecule has 0 atom stereocenters. The highest BCUT2D eigenvalue weighted by atomic mass is 32.1. The number of hydrogen-bond donors (Lipinski definition) is 0. The van der Waals surface area contributed by atoms with Crippen LogP contribution in [0.1, 0.15) is 92.3 Å². The topological polar surface area (TPSA) is 52.6 Å². The molecule has 0 saturated heterocycles. The van der Waals surface area contributed by atoms with Gasteiger partial charge in [0.25, 0.3) is 6.47 Å². The predicted octanol–water partition coefficient (Wildman–Crippen LogP) is 12.2. The van der Waals surface area contributed by atoms with Crippen molar-refractivity contribution in [1.29, 1.82) is 0 Å². The van der Waals surface area contributed by atoms with Gasteiger partial charge < -0.3 is 9.47 Å². The summed E-state index contributed by atoms with van der Waals surface area (Å²) in [6.45, 7) is 5.05. The largest absolute Gasteiger partial charge is 0.465 e. The first-order valence-corrected chi connectivity index (χ1v) is 18.9. The van der Waals surface area contributed by atoms with E-state index >= 15 is 0 Å². The molecule has 48 heavy (non-hydrogen) atoms. The van der Waals surface area contributed by atoms with Crippen LogP contribution in [0.15, 0.2) is 84.9 Å². The average Bonchev–Trinajstić information content (AvgIpc) is 3.82. The molecule has 3 aromatic carbocycles. The van der Waals surface area contributed by atoms with Crippen molar-refractivity contribution in [2.45, 2.75) is 84.7 Å². The van der Waals surface area contributed by atoms with E-state index in [1.807, 2.05) is 12.1 Å². The molecule has 0 radical (unpaired) electrons. The minimum Gasteiger partial charge on any atom is -0.465 e. The van der Waals surface area contributed by atoms with Gasteiger partial charge >= 0.3 is 5.97 Å². The lowest BCUT2D eigenvalue weighted by molar-refractivity contribution is -0.129. The van der Waals surface area contributed by atoms with Crippen LogP contribution in [-0.4, -0.2) is 19.6 Å². The summed E-state index contributed by atoms with van der Waals surface area (Å²) in [6.07, 6.45) is 12.3. The third-order valence-corrected chi connectivity index (χ3v) is 11.1. The van der Waals surface area contributed by atoms with Crippen LogP contribution < -0.4 is 0 Å². The summed E-state index contributed by atoms with van der Waals surface area (Å²) in [5.74, 6) is -0.400. The second kappa shape index (κ2) is 18.0. The lowest BCUT2D eigenvalue weighted by Gasteiger charge is -2.14. The molecule has 0 aliphatic heterocycles. The number of carbonyl (C=O) groups is 2. The molecule has 0 bridgehead atoms. The smallest absolute Gasteiger partial charge is 0.338 e. The molecule has 6 heteroatoms. The fourth-order valence-electron chi connectivity index (χ4n) is 6.06. The molecule has 0 aliphatic rings. The normalized spacial score (nSPS) is 11.1. The Balaban J connectivity index is 1.42. The molecule has 2 heterocycles. The van der Waals surface area contributed by atoms with Crippen LogP contribution in [-0.2, 0) is 33.7 Å². The van der Waals surface area contributed by atoms with Gasteiger partial charge in [-0.15, -0.1) is 22.7 Å². The van der Waals surface area contributed by atoms with Crippen LogP contribution in [0, 0.1) is 0 Å². The van der Waals surface area contributed by atoms with Crippen molar-refractivity contribution in [2.75, 3.05) is 7.11 Å². The summed E-state index contributed by atoms with van der Waals surface area (Å²) >= 11 is 3.30. The Morgan fingerprint density at radius 1 is 0.625 bits per heavy atom. The summed E-state index contributed by atoms with van der Waals surface area (Å²) in [7, 11) is 1.41. The van der Waals surface area contributed by atoms with Crippen molar-refractivity contribution in [3.05, 3.63) is 107 Å². The Bertz CT molecular complexity index is 1760. The zero-order chi connectivity index (χ0) is 33.7. The molecular weight excluding hydrogens is 633 g/mol. The van der Waals surface area contributed by atoms with E-state index in [4.69, 9.17) is 9.47 Å². The standard InChI is InChI=1S/C42H46O4S2/c1-4-6-8-10-12-30-14-18-32(19-15-30)38-22-24-40(47-38)35-27-37(42(44)45-3)36(26-34(35)28-46-29-43)41-25-23-39(48-41)33-20-16-31(17-21-33)13-11-9-7-5-2/h14-27,29H,4-13,28H2,1-3H3. The minimum atomic E-state index is -0.400. The number of benzene rings is 3. The quantitative estimate of drug-likeness (QED) is 0.0526. The predicted molar refractivity (Wildman–Crippen MR) is 202 cm³/mol. The Kier molecular flexibility index (Phi) is 13.2. The first kappa shape index (κ1) is 35.3. The van der Waals surface area contributed by atoms with Crippen molar-refractivity contribution >= 4 is 35.1 Å². The SMILES string of the molecule is CCCCCCc1ccc(-c2ccc(-c3cc(C(=O)OC)c(-c4ccc(-c5ccc(CCCCCC)cc5)s4)cc3COC=O)s2)cc1. The highest BCUT2D eigenvalue weighted by Gasteiger charge is 2.21. The van der Waals surface area contributed by atoms with Crippen LogP contribution in [0.2, 0.25) is 0 Å². The number of rotatable bonds is 18. The van der Waals surface area contributed by atoms with E-state index in [0.29, 0.717) is 12.0 Å².